The molecule has 2 aromatic heterocycles. The summed E-state index contributed by atoms with van der Waals surface area (Å²) in [5.74, 6) is -0.289. The second-order valence-electron chi connectivity index (χ2n) is 10.00. The Balaban J connectivity index is 1.46. The standard InChI is InChI=1S/C25H29ClFN3O4S/c1-25(2,3)34-24(31)29-8-5-16(6-9-29)18-11-20(27)21(28-14-18)15-30-10-7-17-12-23(35(4,32)33)19(26)13-22(17)30/h7,10-14,16H,5-6,8-9,15H2,1-4H3. The van der Waals surface area contributed by atoms with E-state index in [4.69, 9.17) is 16.3 Å². The molecule has 1 aliphatic rings. The van der Waals surface area contributed by atoms with Crippen LogP contribution >= 0.6 is 11.6 Å². The van der Waals surface area contributed by atoms with Crippen molar-refractivity contribution in [3.05, 3.63) is 58.8 Å². The van der Waals surface area contributed by atoms with Gasteiger partial charge in [0.25, 0.3) is 0 Å². The van der Waals surface area contributed by atoms with E-state index in [0.29, 0.717) is 36.8 Å². The number of halogens is 2. The molecule has 10 heteroatoms. The zero-order valence-corrected chi connectivity index (χ0v) is 21.8. The first-order valence-corrected chi connectivity index (χ1v) is 13.7. The highest BCUT2D eigenvalue weighted by molar-refractivity contribution is 7.90. The number of hydrogen-bond donors (Lipinski definition) is 0. The molecule has 1 saturated heterocycles. The number of piperidine rings is 1. The fraction of sp³-hybridized carbons (Fsp3) is 0.440. The van der Waals surface area contributed by atoms with E-state index in [1.165, 1.54) is 12.1 Å². The van der Waals surface area contributed by atoms with E-state index in [1.807, 2.05) is 20.8 Å². The lowest BCUT2D eigenvalue weighted by Gasteiger charge is -2.33. The van der Waals surface area contributed by atoms with Crippen LogP contribution in [0.2, 0.25) is 5.02 Å². The number of sulfone groups is 1. The predicted octanol–water partition coefficient (Wildman–Crippen LogP) is 5.40. The van der Waals surface area contributed by atoms with Crippen LogP contribution in [-0.2, 0) is 21.1 Å². The molecule has 0 aliphatic carbocycles. The Labute approximate surface area is 209 Å². The van der Waals surface area contributed by atoms with Gasteiger partial charge in [0, 0.05) is 42.6 Å². The Bertz CT molecular complexity index is 1370. The zero-order valence-electron chi connectivity index (χ0n) is 20.2. The highest BCUT2D eigenvalue weighted by atomic mass is 35.5. The molecule has 0 N–H and O–H groups in total. The molecular formula is C25H29ClFN3O4S. The number of likely N-dealkylation sites (tertiary alicyclic amines) is 1. The van der Waals surface area contributed by atoms with Crippen LogP contribution in [0.15, 0.2) is 41.6 Å². The van der Waals surface area contributed by atoms with Crippen LogP contribution in [0.1, 0.15) is 50.8 Å². The van der Waals surface area contributed by atoms with Gasteiger partial charge in [-0.1, -0.05) is 11.6 Å². The number of rotatable bonds is 4. The summed E-state index contributed by atoms with van der Waals surface area (Å²) in [6.07, 6.45) is 5.67. The van der Waals surface area contributed by atoms with Crippen molar-refractivity contribution in [2.45, 2.75) is 56.6 Å². The minimum absolute atomic E-state index is 0.0655. The van der Waals surface area contributed by atoms with Crippen molar-refractivity contribution in [1.82, 2.24) is 14.5 Å². The number of aromatic nitrogens is 2. The number of nitrogens with zero attached hydrogens (tertiary/aromatic N) is 3. The fourth-order valence-corrected chi connectivity index (χ4v) is 5.65. The molecule has 1 amide bonds. The molecule has 3 heterocycles. The first kappa shape index (κ1) is 25.4. The van der Waals surface area contributed by atoms with Gasteiger partial charge in [-0.25, -0.2) is 17.6 Å². The molecule has 0 spiro atoms. The number of benzene rings is 1. The van der Waals surface area contributed by atoms with E-state index in [9.17, 15) is 13.2 Å². The Kier molecular flexibility index (Phi) is 6.85. The number of pyridine rings is 1. The molecule has 0 atom stereocenters. The van der Waals surface area contributed by atoms with Crippen molar-refractivity contribution >= 4 is 38.4 Å². The summed E-state index contributed by atoms with van der Waals surface area (Å²) < 4.78 is 46.1. The SMILES string of the molecule is CC(C)(C)OC(=O)N1CCC(c2cnc(Cn3ccc4cc(S(C)(=O)=O)c(Cl)cc43)c(F)c2)CC1. The summed E-state index contributed by atoms with van der Waals surface area (Å²) in [5, 5.41) is 0.824. The molecule has 4 rings (SSSR count). The third-order valence-electron chi connectivity index (χ3n) is 6.10. The second-order valence-corrected chi connectivity index (χ2v) is 12.4. The summed E-state index contributed by atoms with van der Waals surface area (Å²) >= 11 is 6.20. The first-order valence-electron chi connectivity index (χ1n) is 11.4. The zero-order chi connectivity index (χ0) is 25.5. The number of carbonyl (C=O) groups excluding carboxylic acids is 1. The fourth-order valence-electron chi connectivity index (χ4n) is 4.32. The average Bonchev–Trinajstić information content (AvgIpc) is 3.14. The Hall–Kier alpha value is -2.65. The van der Waals surface area contributed by atoms with Gasteiger partial charge in [-0.3, -0.25) is 4.98 Å². The number of carbonyl (C=O) groups is 1. The molecule has 3 aromatic rings. The van der Waals surface area contributed by atoms with Gasteiger partial charge in [-0.15, -0.1) is 0 Å². The summed E-state index contributed by atoms with van der Waals surface area (Å²) in [6.45, 7) is 6.80. The molecular weight excluding hydrogens is 493 g/mol. The molecule has 0 bridgehead atoms. The largest absolute Gasteiger partial charge is 0.444 e. The maximum atomic E-state index is 15.0. The van der Waals surface area contributed by atoms with Gasteiger partial charge in [0.2, 0.25) is 0 Å². The van der Waals surface area contributed by atoms with Gasteiger partial charge in [0.05, 0.1) is 22.2 Å². The van der Waals surface area contributed by atoms with Crippen molar-refractivity contribution < 1.29 is 22.3 Å². The lowest BCUT2D eigenvalue weighted by atomic mass is 9.90. The Morgan fingerprint density at radius 2 is 1.91 bits per heavy atom. The maximum Gasteiger partial charge on any atom is 0.410 e. The number of hydrogen-bond acceptors (Lipinski definition) is 5. The molecule has 1 aliphatic heterocycles. The average molecular weight is 522 g/mol. The molecule has 0 radical (unpaired) electrons. The summed E-state index contributed by atoms with van der Waals surface area (Å²) in [5.41, 5.74) is 1.25. The first-order chi connectivity index (χ1) is 16.3. The van der Waals surface area contributed by atoms with Crippen LogP contribution in [0.4, 0.5) is 9.18 Å². The van der Waals surface area contributed by atoms with Gasteiger partial charge in [0.15, 0.2) is 9.84 Å². The second kappa shape index (κ2) is 9.43. The van der Waals surface area contributed by atoms with Crippen molar-refractivity contribution in [3.63, 3.8) is 0 Å². The molecule has 1 aromatic carbocycles. The van der Waals surface area contributed by atoms with E-state index in [2.05, 4.69) is 4.98 Å². The molecule has 7 nitrogen and oxygen atoms in total. The molecule has 0 saturated carbocycles. The molecule has 188 valence electrons. The lowest BCUT2D eigenvalue weighted by molar-refractivity contribution is 0.0204. The third kappa shape index (κ3) is 5.78. The van der Waals surface area contributed by atoms with Gasteiger partial charge in [0.1, 0.15) is 11.4 Å². The van der Waals surface area contributed by atoms with E-state index in [-0.39, 0.29) is 34.2 Å². The van der Waals surface area contributed by atoms with E-state index >= 15 is 4.39 Å². The summed E-state index contributed by atoms with van der Waals surface area (Å²) in [7, 11) is -3.46. The lowest BCUT2D eigenvalue weighted by Crippen LogP contribution is -2.41. The van der Waals surface area contributed by atoms with Crippen molar-refractivity contribution in [3.8, 4) is 0 Å². The van der Waals surface area contributed by atoms with E-state index in [1.54, 1.807) is 34.0 Å². The Morgan fingerprint density at radius 1 is 1.23 bits per heavy atom. The minimum Gasteiger partial charge on any atom is -0.444 e. The Morgan fingerprint density at radius 3 is 2.51 bits per heavy atom. The minimum atomic E-state index is -3.46. The van der Waals surface area contributed by atoms with Gasteiger partial charge in [-0.05, 0) is 69.4 Å². The number of amides is 1. The summed E-state index contributed by atoms with van der Waals surface area (Å²) in [6, 6.07) is 6.40. The maximum absolute atomic E-state index is 15.0. The quantitative estimate of drug-likeness (QED) is 0.459. The van der Waals surface area contributed by atoms with Crippen LogP contribution in [-0.4, -0.2) is 53.9 Å². The van der Waals surface area contributed by atoms with Crippen LogP contribution in [0.5, 0.6) is 0 Å². The highest BCUT2D eigenvalue weighted by Gasteiger charge is 2.28. The number of ether oxygens (including phenoxy) is 1. The van der Waals surface area contributed by atoms with Crippen molar-refractivity contribution in [2.24, 2.45) is 0 Å². The predicted molar refractivity (Wildman–Crippen MR) is 133 cm³/mol. The van der Waals surface area contributed by atoms with Crippen LogP contribution in [0.25, 0.3) is 10.9 Å². The van der Waals surface area contributed by atoms with Gasteiger partial charge in [-0.2, -0.15) is 0 Å². The molecule has 1 fully saturated rings. The molecule has 0 unspecified atom stereocenters. The van der Waals surface area contributed by atoms with Crippen LogP contribution in [0, 0.1) is 5.82 Å². The van der Waals surface area contributed by atoms with Crippen LogP contribution in [0.3, 0.4) is 0 Å². The third-order valence-corrected chi connectivity index (χ3v) is 7.66. The van der Waals surface area contributed by atoms with Gasteiger partial charge >= 0.3 is 6.09 Å². The summed E-state index contributed by atoms with van der Waals surface area (Å²) in [4.78, 5) is 18.4. The number of fused-ring (bicyclic) bond motifs is 1. The molecule has 35 heavy (non-hydrogen) atoms. The van der Waals surface area contributed by atoms with E-state index in [0.717, 1.165) is 11.8 Å². The van der Waals surface area contributed by atoms with Crippen molar-refractivity contribution in [1.29, 1.82) is 0 Å². The van der Waals surface area contributed by atoms with Crippen LogP contribution < -0.4 is 0 Å². The van der Waals surface area contributed by atoms with E-state index < -0.39 is 21.3 Å². The van der Waals surface area contributed by atoms with Gasteiger partial charge < -0.3 is 14.2 Å². The normalized spacial score (nSPS) is 15.5. The van der Waals surface area contributed by atoms with Crippen molar-refractivity contribution in [2.75, 3.05) is 19.3 Å². The highest BCUT2D eigenvalue weighted by Crippen LogP contribution is 2.31. The topological polar surface area (TPSA) is 81.5 Å². The monoisotopic (exact) mass is 521 g/mol. The smallest absolute Gasteiger partial charge is 0.410 e.